The van der Waals surface area contributed by atoms with E-state index < -0.39 is 0 Å². The van der Waals surface area contributed by atoms with Crippen LogP contribution in [0.1, 0.15) is 55.1 Å². The van der Waals surface area contributed by atoms with Gasteiger partial charge in [-0.15, -0.1) is 6.58 Å². The van der Waals surface area contributed by atoms with E-state index in [9.17, 15) is 4.79 Å². The second-order valence-electron chi connectivity index (χ2n) is 9.83. The lowest BCUT2D eigenvalue weighted by Crippen LogP contribution is -2.63. The maximum Gasteiger partial charge on any atom is 0.253 e. The van der Waals surface area contributed by atoms with Gasteiger partial charge in [0.1, 0.15) is 5.75 Å². The number of rotatable bonds is 9. The van der Waals surface area contributed by atoms with E-state index in [1.807, 2.05) is 43.0 Å². The number of ether oxygens (including phenoxy) is 1. The van der Waals surface area contributed by atoms with Gasteiger partial charge in [0.2, 0.25) is 0 Å². The number of benzene rings is 2. The molecule has 2 aromatic carbocycles. The zero-order chi connectivity index (χ0) is 24.9. The Bertz CT molecular complexity index is 966. The second-order valence-corrected chi connectivity index (χ2v) is 9.83. The van der Waals surface area contributed by atoms with Crippen LogP contribution < -0.4 is 4.74 Å². The fourth-order valence-corrected chi connectivity index (χ4v) is 5.06. The van der Waals surface area contributed by atoms with E-state index in [1.165, 1.54) is 11.1 Å². The van der Waals surface area contributed by atoms with Gasteiger partial charge in [0, 0.05) is 55.8 Å². The maximum atomic E-state index is 12.9. The minimum absolute atomic E-state index is 0.0818. The molecule has 0 saturated carbocycles. The third-order valence-corrected chi connectivity index (χ3v) is 7.32. The molecule has 1 aliphatic rings. The summed E-state index contributed by atoms with van der Waals surface area (Å²) in [6.07, 6.45) is 2.00. The van der Waals surface area contributed by atoms with Crippen LogP contribution in [0, 0.1) is 0 Å². The molecular weight excluding hydrogens is 422 g/mol. The van der Waals surface area contributed by atoms with Gasteiger partial charge in [-0.05, 0) is 70.1 Å². The van der Waals surface area contributed by atoms with E-state index in [0.717, 1.165) is 30.9 Å². The first-order chi connectivity index (χ1) is 16.2. The lowest BCUT2D eigenvalue weighted by molar-refractivity contribution is -0.000423. The van der Waals surface area contributed by atoms with Crippen molar-refractivity contribution in [3.63, 3.8) is 0 Å². The zero-order valence-corrected chi connectivity index (χ0v) is 21.8. The topological polar surface area (TPSA) is 36.0 Å². The molecule has 1 amide bonds. The molecule has 0 bridgehead atoms. The van der Waals surface area contributed by atoms with E-state index in [2.05, 4.69) is 67.6 Å². The SMILES string of the molecule is C=CCN1CC(C)(C)N(C)CC1C(c1ccc(C(=O)N(CC)CC)cc1)c1cccc(OC)c1. The molecule has 2 atom stereocenters. The third-order valence-electron chi connectivity index (χ3n) is 7.32. The Labute approximate surface area is 206 Å². The summed E-state index contributed by atoms with van der Waals surface area (Å²) in [6.45, 7) is 16.8. The lowest BCUT2D eigenvalue weighted by atomic mass is 9.80. The predicted molar refractivity (Wildman–Crippen MR) is 141 cm³/mol. The van der Waals surface area contributed by atoms with Crippen LogP contribution in [0.5, 0.6) is 5.75 Å². The van der Waals surface area contributed by atoms with Crippen LogP contribution in [-0.4, -0.2) is 79.1 Å². The van der Waals surface area contributed by atoms with Crippen LogP contribution >= 0.6 is 0 Å². The zero-order valence-electron chi connectivity index (χ0n) is 21.8. The lowest BCUT2D eigenvalue weighted by Gasteiger charge is -2.52. The Kier molecular flexibility index (Phi) is 8.56. The number of nitrogens with zero attached hydrogens (tertiary/aromatic N) is 3. The van der Waals surface area contributed by atoms with Crippen molar-refractivity contribution >= 4 is 5.91 Å². The summed E-state index contributed by atoms with van der Waals surface area (Å²) in [7, 11) is 3.93. The van der Waals surface area contributed by atoms with Gasteiger partial charge in [-0.2, -0.15) is 0 Å². The molecule has 0 N–H and O–H groups in total. The second kappa shape index (κ2) is 11.2. The molecule has 184 valence electrons. The molecule has 1 heterocycles. The molecule has 1 fully saturated rings. The van der Waals surface area contributed by atoms with E-state index in [4.69, 9.17) is 4.74 Å². The molecule has 1 aliphatic heterocycles. The summed E-state index contributed by atoms with van der Waals surface area (Å²) in [5.41, 5.74) is 3.24. The van der Waals surface area contributed by atoms with Crippen LogP contribution in [0.4, 0.5) is 0 Å². The van der Waals surface area contributed by atoms with Gasteiger partial charge in [-0.25, -0.2) is 0 Å². The van der Waals surface area contributed by atoms with Gasteiger partial charge >= 0.3 is 0 Å². The first kappa shape index (κ1) is 26.0. The molecule has 3 rings (SSSR count). The molecule has 5 heteroatoms. The molecule has 2 unspecified atom stereocenters. The monoisotopic (exact) mass is 463 g/mol. The highest BCUT2D eigenvalue weighted by molar-refractivity contribution is 5.94. The van der Waals surface area contributed by atoms with Gasteiger partial charge in [-0.3, -0.25) is 14.6 Å². The first-order valence-corrected chi connectivity index (χ1v) is 12.3. The highest BCUT2D eigenvalue weighted by atomic mass is 16.5. The Morgan fingerprint density at radius 3 is 2.44 bits per heavy atom. The van der Waals surface area contributed by atoms with Gasteiger partial charge in [-0.1, -0.05) is 30.3 Å². The van der Waals surface area contributed by atoms with Crippen LogP contribution in [0.3, 0.4) is 0 Å². The Hall–Kier alpha value is -2.63. The van der Waals surface area contributed by atoms with Crippen molar-refractivity contribution in [3.05, 3.63) is 77.9 Å². The molecule has 0 aliphatic carbocycles. The van der Waals surface area contributed by atoms with Crippen molar-refractivity contribution in [1.82, 2.24) is 14.7 Å². The molecule has 0 spiro atoms. The highest BCUT2D eigenvalue weighted by Crippen LogP contribution is 2.37. The number of methoxy groups -OCH3 is 1. The van der Waals surface area contributed by atoms with Crippen molar-refractivity contribution in [2.75, 3.05) is 46.9 Å². The summed E-state index contributed by atoms with van der Waals surface area (Å²) in [4.78, 5) is 19.7. The maximum absolute atomic E-state index is 12.9. The predicted octanol–water partition coefficient (Wildman–Crippen LogP) is 4.89. The number of amides is 1. The molecule has 2 aromatic rings. The van der Waals surface area contributed by atoms with Crippen molar-refractivity contribution in [3.8, 4) is 5.75 Å². The fourth-order valence-electron chi connectivity index (χ4n) is 5.06. The van der Waals surface area contributed by atoms with Crippen LogP contribution in [-0.2, 0) is 0 Å². The van der Waals surface area contributed by atoms with E-state index in [0.29, 0.717) is 13.1 Å². The van der Waals surface area contributed by atoms with Crippen molar-refractivity contribution in [2.24, 2.45) is 0 Å². The Morgan fingerprint density at radius 1 is 1.18 bits per heavy atom. The Balaban J connectivity index is 2.06. The number of carbonyl (C=O) groups is 1. The average molecular weight is 464 g/mol. The van der Waals surface area contributed by atoms with Crippen LogP contribution in [0.2, 0.25) is 0 Å². The summed E-state index contributed by atoms with van der Waals surface area (Å²) in [5, 5.41) is 0. The summed E-state index contributed by atoms with van der Waals surface area (Å²) < 4.78 is 5.57. The van der Waals surface area contributed by atoms with Crippen LogP contribution in [0.25, 0.3) is 0 Å². The smallest absolute Gasteiger partial charge is 0.253 e. The molecule has 0 aromatic heterocycles. The van der Waals surface area contributed by atoms with Gasteiger partial charge in [0.05, 0.1) is 7.11 Å². The molecular formula is C29H41N3O2. The molecule has 0 radical (unpaired) electrons. The van der Waals surface area contributed by atoms with Gasteiger partial charge < -0.3 is 9.64 Å². The molecule has 34 heavy (non-hydrogen) atoms. The number of carbonyl (C=O) groups excluding carboxylic acids is 1. The minimum Gasteiger partial charge on any atom is -0.497 e. The molecule has 5 nitrogen and oxygen atoms in total. The largest absolute Gasteiger partial charge is 0.497 e. The number of hydrogen-bond donors (Lipinski definition) is 0. The third kappa shape index (κ3) is 5.53. The minimum atomic E-state index is 0.0818. The molecule has 1 saturated heterocycles. The normalized spacial score (nSPS) is 19.4. The van der Waals surface area contributed by atoms with Crippen LogP contribution in [0.15, 0.2) is 61.2 Å². The van der Waals surface area contributed by atoms with E-state index in [1.54, 1.807) is 7.11 Å². The fraction of sp³-hybridized carbons (Fsp3) is 0.483. The summed E-state index contributed by atoms with van der Waals surface area (Å²) in [5.74, 6) is 1.07. The van der Waals surface area contributed by atoms with Crippen molar-refractivity contribution < 1.29 is 9.53 Å². The van der Waals surface area contributed by atoms with E-state index >= 15 is 0 Å². The first-order valence-electron chi connectivity index (χ1n) is 12.3. The average Bonchev–Trinajstić information content (AvgIpc) is 2.83. The van der Waals surface area contributed by atoms with Gasteiger partial charge in [0.25, 0.3) is 5.91 Å². The number of piperazine rings is 1. The summed E-state index contributed by atoms with van der Waals surface area (Å²) >= 11 is 0. The van der Waals surface area contributed by atoms with E-state index in [-0.39, 0.29) is 23.4 Å². The highest BCUT2D eigenvalue weighted by Gasteiger charge is 2.40. The number of hydrogen-bond acceptors (Lipinski definition) is 4. The van der Waals surface area contributed by atoms with Crippen molar-refractivity contribution in [1.29, 1.82) is 0 Å². The van der Waals surface area contributed by atoms with Crippen molar-refractivity contribution in [2.45, 2.75) is 45.2 Å². The number of likely N-dealkylation sites (N-methyl/N-ethyl adjacent to an activating group) is 1. The van der Waals surface area contributed by atoms with Gasteiger partial charge in [0.15, 0.2) is 0 Å². The quantitative estimate of drug-likeness (QED) is 0.496. The standard InChI is InChI=1S/C29H41N3O2/c1-8-18-32-21-29(4,5)30(6)20-26(32)27(24-12-11-13-25(19-24)34-7)22-14-16-23(17-15-22)28(33)31(9-2)10-3/h8,11-17,19,26-27H,1,9-10,18,20-21H2,2-7H3. The Morgan fingerprint density at radius 2 is 1.85 bits per heavy atom. The summed E-state index contributed by atoms with van der Waals surface area (Å²) in [6, 6.07) is 16.9.